The summed E-state index contributed by atoms with van der Waals surface area (Å²) in [5.41, 5.74) is 1.43. The average Bonchev–Trinajstić information content (AvgIpc) is 2.77. The fourth-order valence-electron chi connectivity index (χ4n) is 2.44. The summed E-state index contributed by atoms with van der Waals surface area (Å²) in [6.07, 6.45) is 3.61. The zero-order valence-corrected chi connectivity index (χ0v) is 12.0. The van der Waals surface area contributed by atoms with E-state index in [0.717, 1.165) is 10.9 Å². The molecule has 0 aromatic heterocycles. The molecule has 2 atom stereocenters. The molecule has 1 saturated carbocycles. The Morgan fingerprint density at radius 2 is 2.33 bits per heavy atom. The van der Waals surface area contributed by atoms with Gasteiger partial charge >= 0.3 is 0 Å². The van der Waals surface area contributed by atoms with Crippen LogP contribution >= 0.6 is 23.4 Å². The molecular formula is C14H17ClN2S. The summed E-state index contributed by atoms with van der Waals surface area (Å²) in [5, 5.41) is 13.9. The molecule has 4 heteroatoms. The fourth-order valence-corrected chi connectivity index (χ4v) is 3.80. The van der Waals surface area contributed by atoms with Gasteiger partial charge in [-0.1, -0.05) is 24.6 Å². The molecule has 18 heavy (non-hydrogen) atoms. The first-order chi connectivity index (χ1) is 8.74. The Kier molecular flexibility index (Phi) is 4.79. The molecule has 2 unspecified atom stereocenters. The second kappa shape index (κ2) is 6.36. The standard InChI is InChI=1S/C14H17ClN2S/c1-2-18-11-7-6-10(8-11)17-14-5-3-4-13(15)12(14)9-16/h3-5,10-11,17H,2,6-8H2,1H3. The van der Waals surface area contributed by atoms with Crippen LogP contribution in [0.4, 0.5) is 5.69 Å². The van der Waals surface area contributed by atoms with Gasteiger partial charge in [-0.3, -0.25) is 0 Å². The van der Waals surface area contributed by atoms with Crippen LogP contribution in [-0.2, 0) is 0 Å². The number of nitriles is 1. The normalized spacial score (nSPS) is 22.7. The Bertz CT molecular complexity index is 456. The summed E-state index contributed by atoms with van der Waals surface area (Å²) < 4.78 is 0. The van der Waals surface area contributed by atoms with E-state index in [0.29, 0.717) is 16.6 Å². The van der Waals surface area contributed by atoms with Crippen molar-refractivity contribution in [3.63, 3.8) is 0 Å². The van der Waals surface area contributed by atoms with Crippen molar-refractivity contribution in [2.24, 2.45) is 0 Å². The van der Waals surface area contributed by atoms with Crippen molar-refractivity contribution in [2.45, 2.75) is 37.5 Å². The number of rotatable bonds is 4. The monoisotopic (exact) mass is 280 g/mol. The molecule has 0 aliphatic heterocycles. The molecule has 1 aromatic rings. The zero-order chi connectivity index (χ0) is 13.0. The lowest BCUT2D eigenvalue weighted by atomic mass is 10.1. The van der Waals surface area contributed by atoms with E-state index >= 15 is 0 Å². The van der Waals surface area contributed by atoms with E-state index in [1.165, 1.54) is 25.0 Å². The van der Waals surface area contributed by atoms with Gasteiger partial charge in [-0.15, -0.1) is 0 Å². The van der Waals surface area contributed by atoms with Crippen LogP contribution in [0.1, 0.15) is 31.7 Å². The number of nitrogens with zero attached hydrogens (tertiary/aromatic N) is 1. The highest BCUT2D eigenvalue weighted by Crippen LogP contribution is 2.33. The molecule has 0 amide bonds. The van der Waals surface area contributed by atoms with Crippen LogP contribution in [-0.4, -0.2) is 17.0 Å². The van der Waals surface area contributed by atoms with Crippen molar-refractivity contribution in [3.05, 3.63) is 28.8 Å². The maximum atomic E-state index is 9.13. The van der Waals surface area contributed by atoms with Crippen LogP contribution in [0, 0.1) is 11.3 Å². The lowest BCUT2D eigenvalue weighted by Gasteiger charge is -2.16. The zero-order valence-electron chi connectivity index (χ0n) is 10.4. The number of hydrogen-bond donors (Lipinski definition) is 1. The number of hydrogen-bond acceptors (Lipinski definition) is 3. The summed E-state index contributed by atoms with van der Waals surface area (Å²) in [5.74, 6) is 1.18. The third-order valence-electron chi connectivity index (χ3n) is 3.27. The molecule has 96 valence electrons. The quantitative estimate of drug-likeness (QED) is 0.893. The van der Waals surface area contributed by atoms with Crippen LogP contribution < -0.4 is 5.32 Å². The molecule has 0 saturated heterocycles. The maximum Gasteiger partial charge on any atom is 0.103 e. The Labute approximate surface area is 118 Å². The Hall–Kier alpha value is -0.850. The van der Waals surface area contributed by atoms with E-state index in [1.54, 1.807) is 6.07 Å². The molecule has 1 aliphatic rings. The van der Waals surface area contributed by atoms with Crippen molar-refractivity contribution in [1.29, 1.82) is 5.26 Å². The Balaban J connectivity index is 2.03. The third kappa shape index (κ3) is 3.13. The summed E-state index contributed by atoms with van der Waals surface area (Å²) in [4.78, 5) is 0. The molecule has 1 aliphatic carbocycles. The summed E-state index contributed by atoms with van der Waals surface area (Å²) >= 11 is 8.06. The number of thioether (sulfide) groups is 1. The minimum absolute atomic E-state index is 0.472. The molecule has 0 heterocycles. The van der Waals surface area contributed by atoms with Gasteiger partial charge in [0.05, 0.1) is 16.3 Å². The van der Waals surface area contributed by atoms with E-state index in [4.69, 9.17) is 16.9 Å². The van der Waals surface area contributed by atoms with Gasteiger partial charge in [0.1, 0.15) is 6.07 Å². The summed E-state index contributed by atoms with van der Waals surface area (Å²) in [7, 11) is 0. The highest BCUT2D eigenvalue weighted by Gasteiger charge is 2.25. The molecule has 0 spiro atoms. The van der Waals surface area contributed by atoms with Gasteiger partial charge in [0.25, 0.3) is 0 Å². The average molecular weight is 281 g/mol. The summed E-state index contributed by atoms with van der Waals surface area (Å²) in [6.45, 7) is 2.20. The van der Waals surface area contributed by atoms with Crippen LogP contribution in [0.3, 0.4) is 0 Å². The SMILES string of the molecule is CCSC1CCC(Nc2cccc(Cl)c2C#N)C1. The Morgan fingerprint density at radius 1 is 1.50 bits per heavy atom. The van der Waals surface area contributed by atoms with Crippen molar-refractivity contribution in [3.8, 4) is 6.07 Å². The lowest BCUT2D eigenvalue weighted by molar-refractivity contribution is 0.756. The van der Waals surface area contributed by atoms with Crippen molar-refractivity contribution in [2.75, 3.05) is 11.1 Å². The van der Waals surface area contributed by atoms with Crippen LogP contribution in [0.2, 0.25) is 5.02 Å². The number of anilines is 1. The summed E-state index contributed by atoms with van der Waals surface area (Å²) in [6, 6.07) is 8.23. The highest BCUT2D eigenvalue weighted by atomic mass is 35.5. The van der Waals surface area contributed by atoms with E-state index in [1.807, 2.05) is 23.9 Å². The molecule has 2 nitrogen and oxygen atoms in total. The second-order valence-electron chi connectivity index (χ2n) is 4.51. The van der Waals surface area contributed by atoms with E-state index in [9.17, 15) is 0 Å². The first-order valence-corrected chi connectivity index (χ1v) is 7.74. The molecule has 0 radical (unpaired) electrons. The first kappa shape index (κ1) is 13.6. The minimum atomic E-state index is 0.472. The molecular weight excluding hydrogens is 264 g/mol. The molecule has 1 fully saturated rings. The van der Waals surface area contributed by atoms with Gasteiger partial charge in [0, 0.05) is 11.3 Å². The van der Waals surface area contributed by atoms with Gasteiger partial charge in [0.2, 0.25) is 0 Å². The Morgan fingerprint density at radius 3 is 3.06 bits per heavy atom. The fraction of sp³-hybridized carbons (Fsp3) is 0.500. The number of halogens is 1. The van der Waals surface area contributed by atoms with Crippen LogP contribution in [0.5, 0.6) is 0 Å². The van der Waals surface area contributed by atoms with Gasteiger partial charge in [0.15, 0.2) is 0 Å². The highest BCUT2D eigenvalue weighted by molar-refractivity contribution is 7.99. The van der Waals surface area contributed by atoms with E-state index < -0.39 is 0 Å². The van der Waals surface area contributed by atoms with Gasteiger partial charge in [-0.2, -0.15) is 17.0 Å². The van der Waals surface area contributed by atoms with Crippen molar-refractivity contribution in [1.82, 2.24) is 0 Å². The number of nitrogens with one attached hydrogen (secondary N) is 1. The largest absolute Gasteiger partial charge is 0.381 e. The molecule has 2 rings (SSSR count). The van der Waals surface area contributed by atoms with E-state index in [-0.39, 0.29) is 0 Å². The van der Waals surface area contributed by atoms with Gasteiger partial charge in [-0.05, 0) is 37.1 Å². The van der Waals surface area contributed by atoms with E-state index in [2.05, 4.69) is 18.3 Å². The lowest BCUT2D eigenvalue weighted by Crippen LogP contribution is -2.16. The van der Waals surface area contributed by atoms with Gasteiger partial charge < -0.3 is 5.32 Å². The second-order valence-corrected chi connectivity index (χ2v) is 6.49. The maximum absolute atomic E-state index is 9.13. The number of benzene rings is 1. The van der Waals surface area contributed by atoms with Gasteiger partial charge in [-0.25, -0.2) is 0 Å². The third-order valence-corrected chi connectivity index (χ3v) is 4.82. The van der Waals surface area contributed by atoms with Crippen LogP contribution in [0.25, 0.3) is 0 Å². The van der Waals surface area contributed by atoms with Crippen LogP contribution in [0.15, 0.2) is 18.2 Å². The minimum Gasteiger partial charge on any atom is -0.381 e. The topological polar surface area (TPSA) is 35.8 Å². The first-order valence-electron chi connectivity index (χ1n) is 6.31. The smallest absolute Gasteiger partial charge is 0.103 e. The van der Waals surface area contributed by atoms with Crippen molar-refractivity contribution >= 4 is 29.1 Å². The van der Waals surface area contributed by atoms with Crippen molar-refractivity contribution < 1.29 is 0 Å². The molecule has 0 bridgehead atoms. The predicted octanol–water partition coefficient (Wildman–Crippen LogP) is 4.30. The molecule has 1 N–H and O–H groups in total. The molecule has 1 aromatic carbocycles. The predicted molar refractivity (Wildman–Crippen MR) is 79.3 cm³/mol.